The Morgan fingerprint density at radius 3 is 2.68 bits per heavy atom. The Kier molecular flexibility index (Phi) is 7.06. The Bertz CT molecular complexity index is 780. The van der Waals surface area contributed by atoms with E-state index in [-0.39, 0.29) is 41.2 Å². The van der Waals surface area contributed by atoms with Crippen LogP contribution in [-0.4, -0.2) is 47.3 Å². The molecule has 3 N–H and O–H groups in total. The van der Waals surface area contributed by atoms with E-state index in [2.05, 4.69) is 29.5 Å². The normalized spacial score (nSPS) is 31.6. The number of amides is 2. The number of hydrogen-bond donors (Lipinski definition) is 3. The average Bonchev–Trinajstić information content (AvgIpc) is 2.91. The van der Waals surface area contributed by atoms with Gasteiger partial charge < -0.3 is 20.5 Å². The van der Waals surface area contributed by atoms with Gasteiger partial charge in [0, 0.05) is 38.5 Å². The van der Waals surface area contributed by atoms with Gasteiger partial charge in [0.2, 0.25) is 11.8 Å². The van der Waals surface area contributed by atoms with Gasteiger partial charge in [-0.05, 0) is 67.4 Å². The van der Waals surface area contributed by atoms with Gasteiger partial charge in [0.15, 0.2) is 0 Å². The molecule has 31 heavy (non-hydrogen) atoms. The number of ether oxygens (including phenoxy) is 1. The van der Waals surface area contributed by atoms with Crippen LogP contribution >= 0.6 is 0 Å². The molecule has 0 radical (unpaired) electrons. The van der Waals surface area contributed by atoms with Crippen LogP contribution in [0.15, 0.2) is 24.5 Å². The minimum absolute atomic E-state index is 0.000913. The molecule has 4 unspecified atom stereocenters. The summed E-state index contributed by atoms with van der Waals surface area (Å²) in [5.74, 6) is 0.102. The number of hydrogen-bond acceptors (Lipinski definition) is 5. The zero-order chi connectivity index (χ0) is 22.7. The molecule has 0 saturated heterocycles. The van der Waals surface area contributed by atoms with E-state index in [1.54, 1.807) is 12.4 Å². The van der Waals surface area contributed by atoms with Gasteiger partial charge in [-0.2, -0.15) is 0 Å². The highest BCUT2D eigenvalue weighted by Crippen LogP contribution is 2.63. The number of pyridine rings is 1. The van der Waals surface area contributed by atoms with Crippen molar-refractivity contribution >= 4 is 11.8 Å². The predicted molar refractivity (Wildman–Crippen MR) is 118 cm³/mol. The Hall–Kier alpha value is -1.99. The third-order valence-electron chi connectivity index (χ3n) is 7.48. The van der Waals surface area contributed by atoms with Gasteiger partial charge in [-0.3, -0.25) is 14.6 Å². The molecule has 2 aliphatic rings. The van der Waals surface area contributed by atoms with E-state index in [4.69, 9.17) is 4.74 Å². The first-order chi connectivity index (χ1) is 14.6. The van der Waals surface area contributed by atoms with Crippen molar-refractivity contribution in [2.24, 2.45) is 16.7 Å². The molecule has 3 rings (SSSR count). The molecule has 0 bridgehead atoms. The summed E-state index contributed by atoms with van der Waals surface area (Å²) in [6, 6.07) is 3.76. The molecule has 1 heterocycles. The Morgan fingerprint density at radius 2 is 2.00 bits per heavy atom. The molecule has 2 fully saturated rings. The minimum Gasteiger partial charge on any atom is -0.390 e. The first kappa shape index (κ1) is 23.7. The van der Waals surface area contributed by atoms with Crippen molar-refractivity contribution in [1.82, 2.24) is 15.6 Å². The Morgan fingerprint density at radius 1 is 1.23 bits per heavy atom. The standard InChI is InChI=1S/C24H37N3O4/c1-22(2)13-19(27-21(29)16-31-4)24(10-9-23(3,30)12-18(22)24)8-7-20(28)26-15-17-6-5-11-25-14-17/h5-6,11,14,18-19,30H,7-10,12-13,15-16H2,1-4H3,(H,26,28)(H,27,29). The average molecular weight is 432 g/mol. The summed E-state index contributed by atoms with van der Waals surface area (Å²) in [6.45, 7) is 6.83. The zero-order valence-electron chi connectivity index (χ0n) is 19.2. The lowest BCUT2D eigenvalue weighted by atomic mass is 9.57. The summed E-state index contributed by atoms with van der Waals surface area (Å²) in [5.41, 5.74) is 0.00858. The van der Waals surface area contributed by atoms with Crippen LogP contribution in [0.2, 0.25) is 0 Å². The number of nitrogens with one attached hydrogen (secondary N) is 2. The SMILES string of the molecule is COCC(=O)NC1CC(C)(C)C2CC(C)(O)CCC12CCC(=O)NCc1cccnc1. The lowest BCUT2D eigenvalue weighted by Gasteiger charge is -2.50. The number of methoxy groups -OCH3 is 1. The molecule has 1 aromatic heterocycles. The molecule has 2 amide bonds. The van der Waals surface area contributed by atoms with Crippen LogP contribution in [0.25, 0.3) is 0 Å². The molecule has 4 atom stereocenters. The maximum absolute atomic E-state index is 12.7. The number of rotatable bonds is 8. The molecule has 1 aromatic rings. The second kappa shape index (κ2) is 9.25. The second-order valence-corrected chi connectivity index (χ2v) is 10.4. The van der Waals surface area contributed by atoms with Crippen molar-refractivity contribution in [3.8, 4) is 0 Å². The van der Waals surface area contributed by atoms with Crippen molar-refractivity contribution in [2.75, 3.05) is 13.7 Å². The first-order valence-electron chi connectivity index (χ1n) is 11.2. The number of aromatic nitrogens is 1. The van der Waals surface area contributed by atoms with Crippen LogP contribution in [0.4, 0.5) is 0 Å². The Labute approximate surface area is 185 Å². The van der Waals surface area contributed by atoms with Crippen LogP contribution in [0.1, 0.15) is 64.9 Å². The van der Waals surface area contributed by atoms with Gasteiger partial charge in [0.05, 0.1) is 5.60 Å². The van der Waals surface area contributed by atoms with Gasteiger partial charge in [-0.15, -0.1) is 0 Å². The molecular weight excluding hydrogens is 394 g/mol. The summed E-state index contributed by atoms with van der Waals surface area (Å²) < 4.78 is 5.02. The summed E-state index contributed by atoms with van der Waals surface area (Å²) in [6.07, 6.45) is 7.53. The van der Waals surface area contributed by atoms with E-state index in [0.29, 0.717) is 32.2 Å². The van der Waals surface area contributed by atoms with Crippen LogP contribution in [0.3, 0.4) is 0 Å². The van der Waals surface area contributed by atoms with E-state index in [1.165, 1.54) is 7.11 Å². The Balaban J connectivity index is 1.74. The van der Waals surface area contributed by atoms with Crippen molar-refractivity contribution in [3.63, 3.8) is 0 Å². The highest BCUT2D eigenvalue weighted by atomic mass is 16.5. The highest BCUT2D eigenvalue weighted by Gasteiger charge is 2.61. The third kappa shape index (κ3) is 5.44. The first-order valence-corrected chi connectivity index (χ1v) is 11.2. The molecule has 2 saturated carbocycles. The molecule has 172 valence electrons. The second-order valence-electron chi connectivity index (χ2n) is 10.4. The van der Waals surface area contributed by atoms with Crippen LogP contribution in [-0.2, 0) is 20.9 Å². The third-order valence-corrected chi connectivity index (χ3v) is 7.48. The monoisotopic (exact) mass is 431 g/mol. The topological polar surface area (TPSA) is 101 Å². The summed E-state index contributed by atoms with van der Waals surface area (Å²) in [5, 5.41) is 17.0. The summed E-state index contributed by atoms with van der Waals surface area (Å²) in [7, 11) is 1.52. The fourth-order valence-electron chi connectivity index (χ4n) is 5.94. The predicted octanol–water partition coefficient (Wildman–Crippen LogP) is 2.58. The molecule has 7 nitrogen and oxygen atoms in total. The number of aliphatic hydroxyl groups is 1. The lowest BCUT2D eigenvalue weighted by molar-refractivity contribution is -0.128. The van der Waals surface area contributed by atoms with Crippen molar-refractivity contribution in [1.29, 1.82) is 0 Å². The molecule has 2 aliphatic carbocycles. The van der Waals surface area contributed by atoms with Crippen molar-refractivity contribution in [3.05, 3.63) is 30.1 Å². The van der Waals surface area contributed by atoms with Gasteiger partial charge in [0.1, 0.15) is 6.61 Å². The molecule has 7 heteroatoms. The van der Waals surface area contributed by atoms with E-state index in [1.807, 2.05) is 19.1 Å². The fraction of sp³-hybridized carbons (Fsp3) is 0.708. The molecular formula is C24H37N3O4. The number of carbonyl (C=O) groups is 2. The molecule has 0 aromatic carbocycles. The van der Waals surface area contributed by atoms with Gasteiger partial charge in [-0.1, -0.05) is 19.9 Å². The summed E-state index contributed by atoms with van der Waals surface area (Å²) >= 11 is 0. The highest BCUT2D eigenvalue weighted by molar-refractivity contribution is 5.78. The van der Waals surface area contributed by atoms with E-state index >= 15 is 0 Å². The van der Waals surface area contributed by atoms with Crippen molar-refractivity contribution in [2.45, 2.75) is 77.5 Å². The number of nitrogens with zero attached hydrogens (tertiary/aromatic N) is 1. The van der Waals surface area contributed by atoms with Crippen LogP contribution < -0.4 is 10.6 Å². The van der Waals surface area contributed by atoms with Gasteiger partial charge >= 0.3 is 0 Å². The van der Waals surface area contributed by atoms with E-state index in [0.717, 1.165) is 18.4 Å². The zero-order valence-corrected chi connectivity index (χ0v) is 19.2. The largest absolute Gasteiger partial charge is 0.390 e. The maximum atomic E-state index is 12.7. The van der Waals surface area contributed by atoms with E-state index in [9.17, 15) is 14.7 Å². The van der Waals surface area contributed by atoms with Crippen LogP contribution in [0.5, 0.6) is 0 Å². The fourth-order valence-corrected chi connectivity index (χ4v) is 5.94. The van der Waals surface area contributed by atoms with Crippen molar-refractivity contribution < 1.29 is 19.4 Å². The number of fused-ring (bicyclic) bond motifs is 1. The summed E-state index contributed by atoms with van der Waals surface area (Å²) in [4.78, 5) is 29.1. The minimum atomic E-state index is -0.709. The van der Waals surface area contributed by atoms with Gasteiger partial charge in [-0.25, -0.2) is 0 Å². The van der Waals surface area contributed by atoms with Gasteiger partial charge in [0.25, 0.3) is 0 Å². The smallest absolute Gasteiger partial charge is 0.246 e. The molecule has 0 aliphatic heterocycles. The lowest BCUT2D eigenvalue weighted by Crippen LogP contribution is -2.53. The number of carbonyl (C=O) groups excluding carboxylic acids is 2. The quantitative estimate of drug-likeness (QED) is 0.587. The van der Waals surface area contributed by atoms with Crippen LogP contribution in [0, 0.1) is 16.7 Å². The van der Waals surface area contributed by atoms with E-state index < -0.39 is 5.60 Å². The molecule has 0 spiro atoms. The maximum Gasteiger partial charge on any atom is 0.246 e.